The summed E-state index contributed by atoms with van der Waals surface area (Å²) in [6.07, 6.45) is -0.703. The second-order valence-corrected chi connectivity index (χ2v) is 4.32. The van der Waals surface area contributed by atoms with Crippen LogP contribution in [0.2, 0.25) is 8.67 Å². The van der Waals surface area contributed by atoms with Gasteiger partial charge in [-0.25, -0.2) is 0 Å². The highest BCUT2D eigenvalue weighted by atomic mass is 35.5. The third-order valence-electron chi connectivity index (χ3n) is 1.27. The summed E-state index contributed by atoms with van der Waals surface area (Å²) in [4.78, 5) is 0. The van der Waals surface area contributed by atoms with Gasteiger partial charge in [-0.15, -0.1) is 11.3 Å². The van der Waals surface area contributed by atoms with Gasteiger partial charge in [0.15, 0.2) is 0 Å². The van der Waals surface area contributed by atoms with E-state index in [1.807, 2.05) is 0 Å². The molecule has 1 heterocycles. The molecule has 1 aromatic heterocycles. The van der Waals surface area contributed by atoms with Gasteiger partial charge in [0.2, 0.25) is 0 Å². The van der Waals surface area contributed by atoms with E-state index >= 15 is 0 Å². The van der Waals surface area contributed by atoms with Gasteiger partial charge in [-0.3, -0.25) is 0 Å². The fourth-order valence-electron chi connectivity index (χ4n) is 0.707. The van der Waals surface area contributed by atoms with Crippen LogP contribution in [-0.2, 0) is 0 Å². The summed E-state index contributed by atoms with van der Waals surface area (Å²) >= 11 is 12.6. The molecule has 0 bridgehead atoms. The van der Waals surface area contributed by atoms with Crippen LogP contribution < -0.4 is 5.73 Å². The first-order valence-electron chi connectivity index (χ1n) is 2.98. The summed E-state index contributed by atoms with van der Waals surface area (Å²) in [6, 6.07) is 1.63. The molecule has 2 nitrogen and oxygen atoms in total. The van der Waals surface area contributed by atoms with E-state index in [9.17, 15) is 5.11 Å². The van der Waals surface area contributed by atoms with Crippen LogP contribution in [0.4, 0.5) is 0 Å². The van der Waals surface area contributed by atoms with Gasteiger partial charge in [-0.2, -0.15) is 0 Å². The lowest BCUT2D eigenvalue weighted by atomic mass is 10.2. The van der Waals surface area contributed by atoms with E-state index in [4.69, 9.17) is 28.9 Å². The van der Waals surface area contributed by atoms with Crippen LogP contribution >= 0.6 is 34.5 Å². The first kappa shape index (κ1) is 9.29. The van der Waals surface area contributed by atoms with Gasteiger partial charge in [0, 0.05) is 12.1 Å². The second-order valence-electron chi connectivity index (χ2n) is 2.03. The first-order valence-corrected chi connectivity index (χ1v) is 4.55. The zero-order valence-corrected chi connectivity index (χ0v) is 7.88. The molecule has 3 N–H and O–H groups in total. The van der Waals surface area contributed by atoms with Crippen molar-refractivity contribution in [1.29, 1.82) is 0 Å². The number of aliphatic hydroxyl groups is 1. The quantitative estimate of drug-likeness (QED) is 0.787. The molecular weight excluding hydrogens is 205 g/mol. The third kappa shape index (κ3) is 2.07. The molecule has 0 aromatic carbocycles. The Kier molecular flexibility index (Phi) is 3.16. The van der Waals surface area contributed by atoms with Crippen molar-refractivity contribution in [3.63, 3.8) is 0 Å². The average Bonchev–Trinajstić information content (AvgIpc) is 2.28. The van der Waals surface area contributed by atoms with Crippen LogP contribution in [0.1, 0.15) is 11.7 Å². The van der Waals surface area contributed by atoms with Crippen molar-refractivity contribution < 1.29 is 5.11 Å². The van der Waals surface area contributed by atoms with Crippen molar-refractivity contribution in [2.24, 2.45) is 5.73 Å². The van der Waals surface area contributed by atoms with E-state index in [1.54, 1.807) is 6.07 Å². The molecule has 1 rings (SSSR count). The van der Waals surface area contributed by atoms with Gasteiger partial charge < -0.3 is 10.8 Å². The van der Waals surface area contributed by atoms with Crippen molar-refractivity contribution in [3.05, 3.63) is 20.3 Å². The summed E-state index contributed by atoms with van der Waals surface area (Å²) in [5.74, 6) is 0. The molecule has 0 aliphatic carbocycles. The Hall–Kier alpha value is 0.200. The topological polar surface area (TPSA) is 46.2 Å². The summed E-state index contributed by atoms with van der Waals surface area (Å²) < 4.78 is 1.07. The predicted octanol–water partition coefficient (Wildman–Crippen LogP) is 2.05. The van der Waals surface area contributed by atoms with Crippen LogP contribution in [0.3, 0.4) is 0 Å². The summed E-state index contributed by atoms with van der Waals surface area (Å²) in [6.45, 7) is 0.160. The minimum atomic E-state index is -0.703. The van der Waals surface area contributed by atoms with Crippen molar-refractivity contribution in [1.82, 2.24) is 0 Å². The maximum absolute atomic E-state index is 9.26. The Morgan fingerprint density at radius 1 is 1.64 bits per heavy atom. The summed E-state index contributed by atoms with van der Waals surface area (Å²) in [7, 11) is 0. The van der Waals surface area contributed by atoms with Crippen LogP contribution in [-0.4, -0.2) is 11.7 Å². The SMILES string of the molecule is NC[C@H](O)c1cc(Cl)sc1Cl. The molecule has 0 aliphatic rings. The Morgan fingerprint density at radius 3 is 2.64 bits per heavy atom. The predicted molar refractivity (Wildman–Crippen MR) is 48.4 cm³/mol. The molecule has 0 aliphatic heterocycles. The fourth-order valence-corrected chi connectivity index (χ4v) is 2.27. The standard InChI is InChI=1S/C6H7Cl2NOS/c7-5-1-3(4(10)2-9)6(8)11-5/h1,4,10H,2,9H2/t4-/m0/s1. The molecule has 0 amide bonds. The van der Waals surface area contributed by atoms with Crippen molar-refractivity contribution >= 4 is 34.5 Å². The minimum Gasteiger partial charge on any atom is -0.387 e. The van der Waals surface area contributed by atoms with Gasteiger partial charge >= 0.3 is 0 Å². The Balaban J connectivity index is 2.93. The lowest BCUT2D eigenvalue weighted by Crippen LogP contribution is -2.10. The van der Waals surface area contributed by atoms with E-state index in [-0.39, 0.29) is 6.54 Å². The normalized spacial score (nSPS) is 13.5. The zero-order valence-electron chi connectivity index (χ0n) is 5.55. The molecule has 0 unspecified atom stereocenters. The third-order valence-corrected chi connectivity index (χ3v) is 2.78. The summed E-state index contributed by atoms with van der Waals surface area (Å²) in [5, 5.41) is 9.26. The summed E-state index contributed by atoms with van der Waals surface area (Å²) in [5.41, 5.74) is 5.85. The smallest absolute Gasteiger partial charge is 0.100 e. The van der Waals surface area contributed by atoms with Gasteiger partial charge in [-0.05, 0) is 6.07 Å². The number of hydrogen-bond donors (Lipinski definition) is 2. The highest BCUT2D eigenvalue weighted by Crippen LogP contribution is 2.34. The number of thiophene rings is 1. The van der Waals surface area contributed by atoms with Gasteiger partial charge in [0.05, 0.1) is 10.4 Å². The van der Waals surface area contributed by atoms with Crippen LogP contribution in [0.15, 0.2) is 6.07 Å². The lowest BCUT2D eigenvalue weighted by Gasteiger charge is -2.04. The molecule has 0 radical (unpaired) electrons. The molecule has 11 heavy (non-hydrogen) atoms. The van der Waals surface area contributed by atoms with E-state index in [2.05, 4.69) is 0 Å². The first-order chi connectivity index (χ1) is 5.15. The van der Waals surface area contributed by atoms with Gasteiger partial charge in [-0.1, -0.05) is 23.2 Å². The molecule has 1 atom stereocenters. The Bertz CT molecular complexity index is 251. The highest BCUT2D eigenvalue weighted by molar-refractivity contribution is 7.20. The zero-order chi connectivity index (χ0) is 8.43. The molecule has 1 aromatic rings. The fraction of sp³-hybridized carbons (Fsp3) is 0.333. The van der Waals surface area contributed by atoms with Crippen molar-refractivity contribution in [2.45, 2.75) is 6.10 Å². The lowest BCUT2D eigenvalue weighted by molar-refractivity contribution is 0.187. The van der Waals surface area contributed by atoms with Crippen LogP contribution in [0.5, 0.6) is 0 Å². The van der Waals surface area contributed by atoms with Crippen LogP contribution in [0.25, 0.3) is 0 Å². The van der Waals surface area contributed by atoms with Crippen molar-refractivity contribution in [3.8, 4) is 0 Å². The number of nitrogens with two attached hydrogens (primary N) is 1. The van der Waals surface area contributed by atoms with Gasteiger partial charge in [0.1, 0.15) is 4.34 Å². The minimum absolute atomic E-state index is 0.160. The van der Waals surface area contributed by atoms with E-state index < -0.39 is 6.10 Å². The van der Waals surface area contributed by atoms with Crippen LogP contribution in [0, 0.1) is 0 Å². The monoisotopic (exact) mass is 211 g/mol. The van der Waals surface area contributed by atoms with E-state index in [0.29, 0.717) is 14.2 Å². The van der Waals surface area contributed by atoms with Gasteiger partial charge in [0.25, 0.3) is 0 Å². The molecule has 0 saturated carbocycles. The molecule has 0 fully saturated rings. The van der Waals surface area contributed by atoms with E-state index in [0.717, 1.165) is 0 Å². The number of aliphatic hydroxyl groups excluding tert-OH is 1. The number of halogens is 2. The molecule has 5 heteroatoms. The second kappa shape index (κ2) is 3.74. The maximum Gasteiger partial charge on any atom is 0.100 e. The maximum atomic E-state index is 9.26. The largest absolute Gasteiger partial charge is 0.387 e. The number of rotatable bonds is 2. The molecular formula is C6H7Cl2NOS. The molecule has 0 saturated heterocycles. The average molecular weight is 212 g/mol. The Morgan fingerprint density at radius 2 is 2.27 bits per heavy atom. The Labute approximate surface area is 78.5 Å². The van der Waals surface area contributed by atoms with E-state index in [1.165, 1.54) is 11.3 Å². The molecule has 62 valence electrons. The number of hydrogen-bond acceptors (Lipinski definition) is 3. The van der Waals surface area contributed by atoms with Crippen molar-refractivity contribution in [2.75, 3.05) is 6.54 Å². The molecule has 0 spiro atoms. The highest BCUT2D eigenvalue weighted by Gasteiger charge is 2.12.